The third-order valence-corrected chi connectivity index (χ3v) is 2.86. The Morgan fingerprint density at radius 2 is 1.94 bits per heavy atom. The number of rotatable bonds is 1. The number of carbonyl (C=O) groups excluding carboxylic acids is 1. The smallest absolute Gasteiger partial charge is 0.347 e. The molecule has 1 aromatic carbocycles. The van der Waals surface area contributed by atoms with Gasteiger partial charge in [0.2, 0.25) is 0 Å². The molecule has 0 fully saturated rings. The van der Waals surface area contributed by atoms with Crippen LogP contribution in [0.2, 0.25) is 0 Å². The zero-order valence-corrected chi connectivity index (χ0v) is 9.77. The maximum Gasteiger partial charge on any atom is 0.347 e. The minimum absolute atomic E-state index is 0.369. The van der Waals surface area contributed by atoms with E-state index in [0.717, 1.165) is 16.8 Å². The molecule has 1 aromatic heterocycles. The Hall–Kier alpha value is -2.56. The lowest BCUT2D eigenvalue weighted by Crippen LogP contribution is -2.08. The fourth-order valence-corrected chi connectivity index (χ4v) is 1.96. The molecule has 3 rings (SSSR count). The second-order valence-corrected chi connectivity index (χ2v) is 4.16. The number of aromatic nitrogens is 1. The topological polar surface area (TPSA) is 82.1 Å². The SMILES string of the molecule is Cc1nc2c(cc1-c1ccc(N)cc1)NC(=O)[N]2. The van der Waals surface area contributed by atoms with Gasteiger partial charge in [-0.1, -0.05) is 12.1 Å². The highest BCUT2D eigenvalue weighted by molar-refractivity contribution is 6.01. The molecule has 89 valence electrons. The second-order valence-electron chi connectivity index (χ2n) is 4.16. The average Bonchev–Trinajstić information content (AvgIpc) is 2.68. The molecule has 0 bridgehead atoms. The van der Waals surface area contributed by atoms with Crippen molar-refractivity contribution in [1.82, 2.24) is 10.3 Å². The van der Waals surface area contributed by atoms with E-state index in [4.69, 9.17) is 5.73 Å². The van der Waals surface area contributed by atoms with Gasteiger partial charge >= 0.3 is 6.03 Å². The van der Waals surface area contributed by atoms with Crippen molar-refractivity contribution in [3.8, 4) is 11.1 Å². The number of hydrogen-bond donors (Lipinski definition) is 2. The van der Waals surface area contributed by atoms with E-state index in [1.165, 1.54) is 0 Å². The van der Waals surface area contributed by atoms with E-state index in [-0.39, 0.29) is 6.03 Å². The molecule has 1 aliphatic heterocycles. The van der Waals surface area contributed by atoms with Crippen LogP contribution in [0.3, 0.4) is 0 Å². The summed E-state index contributed by atoms with van der Waals surface area (Å²) >= 11 is 0. The molecule has 5 nitrogen and oxygen atoms in total. The number of pyridine rings is 1. The molecular formula is C13H11N4O. The van der Waals surface area contributed by atoms with Crippen LogP contribution in [0.25, 0.3) is 11.1 Å². The van der Waals surface area contributed by atoms with Crippen LogP contribution in [0.15, 0.2) is 30.3 Å². The van der Waals surface area contributed by atoms with Crippen molar-refractivity contribution in [3.05, 3.63) is 36.0 Å². The summed E-state index contributed by atoms with van der Waals surface area (Å²) in [6, 6.07) is 9.05. The Bertz CT molecular complexity index is 634. The minimum atomic E-state index is -0.369. The van der Waals surface area contributed by atoms with Crippen molar-refractivity contribution in [2.75, 3.05) is 11.1 Å². The van der Waals surface area contributed by atoms with Gasteiger partial charge in [0.25, 0.3) is 0 Å². The predicted octanol–water partition coefficient (Wildman–Crippen LogP) is 2.42. The summed E-state index contributed by atoms with van der Waals surface area (Å²) in [5.74, 6) is 0.455. The summed E-state index contributed by atoms with van der Waals surface area (Å²) in [4.78, 5) is 15.5. The molecule has 0 aliphatic carbocycles. The van der Waals surface area contributed by atoms with E-state index < -0.39 is 0 Å². The standard InChI is InChI=1S/C13H11N4O/c1-7-10(8-2-4-9(14)5-3-8)6-11-12(15-7)17-13(18)16-11/h2-6H,14H2,1H3,(H,16,18). The highest BCUT2D eigenvalue weighted by Crippen LogP contribution is 2.32. The molecule has 0 spiro atoms. The van der Waals surface area contributed by atoms with Gasteiger partial charge in [-0.25, -0.2) is 9.78 Å². The van der Waals surface area contributed by atoms with Crippen LogP contribution in [0.5, 0.6) is 0 Å². The molecule has 0 unspecified atom stereocenters. The van der Waals surface area contributed by atoms with Gasteiger partial charge in [0, 0.05) is 16.9 Å². The summed E-state index contributed by atoms with van der Waals surface area (Å²) in [6.07, 6.45) is 0. The number of amides is 2. The lowest BCUT2D eigenvalue weighted by molar-refractivity contribution is 0.256. The van der Waals surface area contributed by atoms with E-state index in [1.807, 2.05) is 37.3 Å². The quantitative estimate of drug-likeness (QED) is 0.750. The maximum absolute atomic E-state index is 11.2. The fourth-order valence-electron chi connectivity index (χ4n) is 1.96. The van der Waals surface area contributed by atoms with Crippen LogP contribution in [-0.2, 0) is 0 Å². The second kappa shape index (κ2) is 3.73. The number of aryl methyl sites for hydroxylation is 1. The molecular weight excluding hydrogens is 228 g/mol. The molecule has 1 aliphatic rings. The molecule has 2 heterocycles. The number of nitrogen functional groups attached to an aromatic ring is 1. The Labute approximate surface area is 104 Å². The molecule has 0 atom stereocenters. The fraction of sp³-hybridized carbons (Fsp3) is 0.0769. The van der Waals surface area contributed by atoms with Crippen LogP contribution >= 0.6 is 0 Å². The largest absolute Gasteiger partial charge is 0.399 e. The van der Waals surface area contributed by atoms with Crippen LogP contribution in [0, 0.1) is 6.92 Å². The van der Waals surface area contributed by atoms with Gasteiger partial charge in [-0.05, 0) is 30.7 Å². The zero-order chi connectivity index (χ0) is 12.7. The number of benzene rings is 1. The zero-order valence-electron chi connectivity index (χ0n) is 9.77. The lowest BCUT2D eigenvalue weighted by atomic mass is 10.0. The molecule has 2 amide bonds. The van der Waals surface area contributed by atoms with Crippen molar-refractivity contribution in [2.45, 2.75) is 6.92 Å². The third-order valence-electron chi connectivity index (χ3n) is 2.86. The Kier molecular flexibility index (Phi) is 2.19. The van der Waals surface area contributed by atoms with E-state index in [1.54, 1.807) is 0 Å². The molecule has 1 radical (unpaired) electrons. The van der Waals surface area contributed by atoms with Crippen molar-refractivity contribution >= 4 is 23.2 Å². The molecule has 2 aromatic rings. The van der Waals surface area contributed by atoms with Gasteiger partial charge in [0.15, 0.2) is 5.82 Å². The van der Waals surface area contributed by atoms with E-state index in [9.17, 15) is 4.79 Å². The van der Waals surface area contributed by atoms with Crippen molar-refractivity contribution in [3.63, 3.8) is 0 Å². The number of fused-ring (bicyclic) bond motifs is 1. The van der Waals surface area contributed by atoms with Gasteiger partial charge in [0.05, 0.1) is 5.69 Å². The normalized spacial score (nSPS) is 12.8. The number of nitrogens with zero attached hydrogens (tertiary/aromatic N) is 2. The Morgan fingerprint density at radius 1 is 1.22 bits per heavy atom. The van der Waals surface area contributed by atoms with Gasteiger partial charge < -0.3 is 11.1 Å². The number of hydrogen-bond acceptors (Lipinski definition) is 3. The van der Waals surface area contributed by atoms with Crippen molar-refractivity contribution in [2.24, 2.45) is 0 Å². The minimum Gasteiger partial charge on any atom is -0.399 e. The molecule has 0 saturated heterocycles. The first-order chi connectivity index (χ1) is 8.63. The average molecular weight is 239 g/mol. The molecule has 18 heavy (non-hydrogen) atoms. The number of nitrogens with one attached hydrogen (secondary N) is 1. The van der Waals surface area contributed by atoms with Crippen LogP contribution in [0.1, 0.15) is 5.69 Å². The first-order valence-electron chi connectivity index (χ1n) is 5.54. The van der Waals surface area contributed by atoms with Gasteiger partial charge in [-0.15, -0.1) is 0 Å². The Morgan fingerprint density at radius 3 is 2.67 bits per heavy atom. The van der Waals surface area contributed by atoms with E-state index in [0.29, 0.717) is 17.2 Å². The van der Waals surface area contributed by atoms with Crippen LogP contribution < -0.4 is 16.4 Å². The highest BCUT2D eigenvalue weighted by atomic mass is 16.2. The predicted molar refractivity (Wildman–Crippen MR) is 69.6 cm³/mol. The molecule has 3 N–H and O–H groups in total. The first-order valence-corrected chi connectivity index (χ1v) is 5.54. The number of nitrogens with two attached hydrogens (primary N) is 1. The summed E-state index contributed by atoms with van der Waals surface area (Å²) in [5, 5.41) is 6.43. The Balaban J connectivity index is 2.11. The van der Waals surface area contributed by atoms with Crippen LogP contribution in [0.4, 0.5) is 22.0 Å². The molecule has 5 heteroatoms. The summed E-state index contributed by atoms with van der Waals surface area (Å²) in [7, 11) is 0. The first kappa shape index (κ1) is 10.6. The molecule has 0 saturated carbocycles. The monoisotopic (exact) mass is 239 g/mol. The van der Waals surface area contributed by atoms with Crippen molar-refractivity contribution < 1.29 is 4.79 Å². The lowest BCUT2D eigenvalue weighted by Gasteiger charge is -2.07. The number of urea groups is 1. The maximum atomic E-state index is 11.2. The summed E-state index contributed by atoms with van der Waals surface area (Å²) in [6.45, 7) is 1.89. The third kappa shape index (κ3) is 1.66. The number of anilines is 2. The number of carbonyl (C=O) groups is 1. The summed E-state index contributed by atoms with van der Waals surface area (Å²) in [5.41, 5.74) is 9.84. The van der Waals surface area contributed by atoms with E-state index >= 15 is 0 Å². The highest BCUT2D eigenvalue weighted by Gasteiger charge is 2.22. The summed E-state index contributed by atoms with van der Waals surface area (Å²) < 4.78 is 0. The van der Waals surface area contributed by atoms with E-state index in [2.05, 4.69) is 15.6 Å². The van der Waals surface area contributed by atoms with Gasteiger partial charge in [-0.2, -0.15) is 5.32 Å². The van der Waals surface area contributed by atoms with Gasteiger partial charge in [-0.3, -0.25) is 0 Å². The van der Waals surface area contributed by atoms with Crippen molar-refractivity contribution in [1.29, 1.82) is 0 Å². The van der Waals surface area contributed by atoms with Gasteiger partial charge in [0.1, 0.15) is 0 Å². The van der Waals surface area contributed by atoms with Crippen LogP contribution in [-0.4, -0.2) is 11.0 Å².